The van der Waals surface area contributed by atoms with Gasteiger partial charge in [-0.1, -0.05) is 77.6 Å². The number of hydrogen-bond acceptors (Lipinski definition) is 15. The Morgan fingerprint density at radius 2 is 1.83 bits per heavy atom. The number of fused-ring (bicyclic) bond motifs is 1. The van der Waals surface area contributed by atoms with Crippen LogP contribution in [0, 0.1) is 0 Å². The number of nitrogens with zero attached hydrogens (tertiary/aromatic N) is 5. The molecule has 1 unspecified atom stereocenters. The van der Waals surface area contributed by atoms with Gasteiger partial charge in [0.25, 0.3) is 11.8 Å². The molecule has 17 heteroatoms. The Kier molecular flexibility index (Phi) is 9.95. The SMILES string of the molecule is CC(=O)O/N=C(/C(=O)NC1C(=O)N2C(C(=O)OC(c3ccccc3)c3ccccc3)=C(CSc3ncns3)CS[C@H]12)c1csc(N)n1. The third-order valence-corrected chi connectivity index (χ3v) is 10.8. The summed E-state index contributed by atoms with van der Waals surface area (Å²) in [6.07, 6.45) is 0.720. The van der Waals surface area contributed by atoms with Crippen molar-refractivity contribution in [1.82, 2.24) is 24.6 Å². The van der Waals surface area contributed by atoms with E-state index in [1.165, 1.54) is 51.7 Å². The fraction of sp³-hybridized carbons (Fsp3) is 0.200. The molecule has 2 aliphatic heterocycles. The number of esters is 1. The summed E-state index contributed by atoms with van der Waals surface area (Å²) < 4.78 is 10.9. The van der Waals surface area contributed by atoms with Gasteiger partial charge in [0, 0.05) is 23.8 Å². The Labute approximate surface area is 284 Å². The van der Waals surface area contributed by atoms with Crippen LogP contribution in [-0.2, 0) is 28.8 Å². The van der Waals surface area contributed by atoms with Crippen molar-refractivity contribution in [3.63, 3.8) is 0 Å². The van der Waals surface area contributed by atoms with E-state index in [2.05, 4.69) is 24.8 Å². The van der Waals surface area contributed by atoms with E-state index in [9.17, 15) is 19.2 Å². The van der Waals surface area contributed by atoms with Gasteiger partial charge < -0.3 is 20.6 Å². The standard InChI is InChI=1S/C30H25N7O6S4/c1-16(38)43-36-21(20-14-45-29(31)34-20)25(39)35-22-26(40)37-23(19(12-44-27(22)37)13-46-30-32-15-33-47-30)28(41)42-24(17-8-4-2-5-9-17)18-10-6-3-7-11-18/h2-11,14-15,22,24,27H,12-13H2,1H3,(H2,31,34)(H,35,39)/b36-21+/t22?,27-/m1/s1. The van der Waals surface area contributed by atoms with Crippen LogP contribution >= 0.6 is 46.4 Å². The Hall–Kier alpha value is -4.58. The highest BCUT2D eigenvalue weighted by molar-refractivity contribution is 8.01. The van der Waals surface area contributed by atoms with Crippen molar-refractivity contribution in [2.45, 2.75) is 28.8 Å². The minimum absolute atomic E-state index is 0.0826. The van der Waals surface area contributed by atoms with Crippen LogP contribution in [0.2, 0.25) is 0 Å². The predicted octanol–water partition coefficient (Wildman–Crippen LogP) is 3.62. The quantitative estimate of drug-likeness (QED) is 0.0579. The number of nitrogens with one attached hydrogen (secondary N) is 1. The molecule has 6 rings (SSSR count). The fourth-order valence-electron chi connectivity index (χ4n) is 4.83. The number of amides is 2. The number of nitrogen functional groups attached to an aromatic ring is 1. The van der Waals surface area contributed by atoms with E-state index < -0.39 is 41.3 Å². The van der Waals surface area contributed by atoms with Gasteiger partial charge in [-0.3, -0.25) is 14.5 Å². The maximum atomic E-state index is 14.1. The summed E-state index contributed by atoms with van der Waals surface area (Å²) >= 11 is 5.10. The molecular formula is C30H25N7O6S4. The van der Waals surface area contributed by atoms with Gasteiger partial charge in [-0.2, -0.15) is 4.37 Å². The highest BCUT2D eigenvalue weighted by atomic mass is 32.2. The fourth-order valence-corrected chi connectivity index (χ4v) is 8.30. The van der Waals surface area contributed by atoms with Crippen molar-refractivity contribution in [1.29, 1.82) is 0 Å². The van der Waals surface area contributed by atoms with Crippen molar-refractivity contribution in [2.75, 3.05) is 17.2 Å². The van der Waals surface area contributed by atoms with Crippen molar-refractivity contribution >= 4 is 81.0 Å². The molecule has 2 aliphatic rings. The second kappa shape index (κ2) is 14.5. The van der Waals surface area contributed by atoms with E-state index in [4.69, 9.17) is 15.3 Å². The lowest BCUT2D eigenvalue weighted by atomic mass is 10.0. The summed E-state index contributed by atoms with van der Waals surface area (Å²) in [6, 6.07) is 17.7. The molecular weight excluding hydrogens is 683 g/mol. The summed E-state index contributed by atoms with van der Waals surface area (Å²) in [6.45, 7) is 1.13. The summed E-state index contributed by atoms with van der Waals surface area (Å²) in [5.41, 5.74) is 7.83. The summed E-state index contributed by atoms with van der Waals surface area (Å²) in [5.74, 6) is -1.98. The number of thioether (sulfide) groups is 2. The number of aromatic nitrogens is 3. The first kappa shape index (κ1) is 32.4. The smallest absolute Gasteiger partial charge is 0.356 e. The number of nitrogens with two attached hydrogens (primary N) is 1. The number of carbonyl (C=O) groups is 4. The van der Waals surface area contributed by atoms with Crippen molar-refractivity contribution in [3.8, 4) is 0 Å². The van der Waals surface area contributed by atoms with Gasteiger partial charge in [0.2, 0.25) is 0 Å². The molecule has 3 N–H and O–H groups in total. The third-order valence-electron chi connectivity index (χ3n) is 6.91. The van der Waals surface area contributed by atoms with Gasteiger partial charge in [-0.05, 0) is 28.2 Å². The minimum atomic E-state index is -1.01. The number of thiazole rings is 1. The maximum absolute atomic E-state index is 14.1. The highest BCUT2D eigenvalue weighted by Gasteiger charge is 2.55. The van der Waals surface area contributed by atoms with E-state index in [1.807, 2.05) is 60.7 Å². The topological polar surface area (TPSA) is 179 Å². The molecule has 0 spiro atoms. The zero-order chi connectivity index (χ0) is 32.9. The lowest BCUT2D eigenvalue weighted by Gasteiger charge is -2.49. The molecule has 4 aromatic rings. The lowest BCUT2D eigenvalue weighted by molar-refractivity contribution is -0.154. The molecule has 2 amide bonds. The van der Waals surface area contributed by atoms with Gasteiger partial charge in [-0.25, -0.2) is 19.6 Å². The maximum Gasteiger partial charge on any atom is 0.356 e. The van der Waals surface area contributed by atoms with E-state index in [-0.39, 0.29) is 22.2 Å². The molecule has 0 saturated carbocycles. The second-order valence-corrected chi connectivity index (χ2v) is 14.0. The first-order valence-corrected chi connectivity index (χ1v) is 17.6. The third kappa shape index (κ3) is 7.22. The number of β-lactam (4-membered cyclic amide) rings is 1. The van der Waals surface area contributed by atoms with Crippen LogP contribution in [0.3, 0.4) is 0 Å². The van der Waals surface area contributed by atoms with E-state index in [0.29, 0.717) is 21.4 Å². The average molecular weight is 708 g/mol. The van der Waals surface area contributed by atoms with Crippen molar-refractivity contribution in [3.05, 3.63) is 100 Å². The highest BCUT2D eigenvalue weighted by Crippen LogP contribution is 2.43. The van der Waals surface area contributed by atoms with Crippen LogP contribution in [0.5, 0.6) is 0 Å². The zero-order valence-electron chi connectivity index (χ0n) is 24.5. The molecule has 2 atom stereocenters. The summed E-state index contributed by atoms with van der Waals surface area (Å²) in [5, 5.41) is 7.37. The van der Waals surface area contributed by atoms with Gasteiger partial charge in [0.1, 0.15) is 29.1 Å². The summed E-state index contributed by atoms with van der Waals surface area (Å²) in [4.78, 5) is 67.0. The molecule has 0 aliphatic carbocycles. The average Bonchev–Trinajstić information content (AvgIpc) is 3.77. The predicted molar refractivity (Wildman–Crippen MR) is 178 cm³/mol. The van der Waals surface area contributed by atoms with Crippen molar-refractivity contribution < 1.29 is 28.8 Å². The molecule has 1 fully saturated rings. The van der Waals surface area contributed by atoms with Crippen molar-refractivity contribution in [2.24, 2.45) is 5.16 Å². The van der Waals surface area contributed by atoms with E-state index in [0.717, 1.165) is 29.4 Å². The first-order chi connectivity index (χ1) is 22.8. The molecule has 47 heavy (non-hydrogen) atoms. The molecule has 13 nitrogen and oxygen atoms in total. The van der Waals surface area contributed by atoms with Crippen LogP contribution < -0.4 is 11.1 Å². The van der Waals surface area contributed by atoms with Crippen LogP contribution in [0.25, 0.3) is 0 Å². The summed E-state index contributed by atoms with van der Waals surface area (Å²) in [7, 11) is 0. The Bertz CT molecular complexity index is 1810. The van der Waals surface area contributed by atoms with Crippen LogP contribution in [0.1, 0.15) is 29.8 Å². The molecule has 240 valence electrons. The first-order valence-electron chi connectivity index (χ1n) is 13.9. The number of anilines is 1. The number of oxime groups is 1. The van der Waals surface area contributed by atoms with E-state index in [1.54, 1.807) is 0 Å². The van der Waals surface area contributed by atoms with Crippen LogP contribution in [0.15, 0.2) is 93.1 Å². The molecule has 1 saturated heterocycles. The second-order valence-electron chi connectivity index (χ2n) is 10.0. The number of rotatable bonds is 11. The van der Waals surface area contributed by atoms with Crippen LogP contribution in [0.4, 0.5) is 5.13 Å². The van der Waals surface area contributed by atoms with Gasteiger partial charge in [0.15, 0.2) is 21.3 Å². The van der Waals surface area contributed by atoms with Crippen LogP contribution in [-0.4, -0.2) is 71.6 Å². The van der Waals surface area contributed by atoms with E-state index >= 15 is 0 Å². The number of carbonyl (C=O) groups excluding carboxylic acids is 4. The molecule has 2 aromatic heterocycles. The normalized spacial score (nSPS) is 17.6. The Balaban J connectivity index is 1.28. The lowest BCUT2D eigenvalue weighted by Crippen LogP contribution is -2.71. The monoisotopic (exact) mass is 707 g/mol. The number of benzene rings is 2. The Morgan fingerprint density at radius 1 is 1.13 bits per heavy atom. The number of hydrogen-bond donors (Lipinski definition) is 2. The molecule has 0 radical (unpaired) electrons. The number of ether oxygens (including phenoxy) is 1. The largest absolute Gasteiger partial charge is 0.448 e. The van der Waals surface area contributed by atoms with Gasteiger partial charge in [-0.15, -0.1) is 23.1 Å². The van der Waals surface area contributed by atoms with Gasteiger partial charge in [0.05, 0.1) is 0 Å². The molecule has 4 heterocycles. The molecule has 2 aromatic carbocycles. The zero-order valence-corrected chi connectivity index (χ0v) is 27.7. The Morgan fingerprint density at radius 3 is 2.43 bits per heavy atom. The van der Waals surface area contributed by atoms with Gasteiger partial charge >= 0.3 is 11.9 Å². The molecule has 0 bridgehead atoms. The minimum Gasteiger partial charge on any atom is -0.448 e.